The van der Waals surface area contributed by atoms with E-state index in [1.165, 1.54) is 12.2 Å². The van der Waals surface area contributed by atoms with E-state index in [2.05, 4.69) is 5.32 Å². The van der Waals surface area contributed by atoms with Gasteiger partial charge in [0.15, 0.2) is 0 Å². The molecule has 2 atom stereocenters. The standard InChI is InChI=1S/C12H20N3O7P/c13-12(19)8(15-10(17)4-1-5-11(15)18)7-14-9(16)3-2-6-23(20,21)22/h1,4,8,10,17H,2-3,5-7H2,(H2,13,19)(H,14,16)(H2,20,21,22)/t8-,10?/m0/s1. The highest BCUT2D eigenvalue weighted by Gasteiger charge is 2.33. The first-order valence-electron chi connectivity index (χ1n) is 6.88. The molecule has 0 aromatic carbocycles. The minimum atomic E-state index is -4.16. The van der Waals surface area contributed by atoms with E-state index < -0.39 is 43.7 Å². The fraction of sp³-hybridized carbons (Fsp3) is 0.583. The summed E-state index contributed by atoms with van der Waals surface area (Å²) < 4.78 is 10.7. The molecule has 0 aromatic rings. The SMILES string of the molecule is NC(=O)[C@H](CNC(=O)CCCP(=O)(O)O)N1C(=O)CC=CC1O. The molecule has 10 nitrogen and oxygen atoms in total. The molecule has 1 aliphatic rings. The van der Waals surface area contributed by atoms with Gasteiger partial charge in [-0.05, 0) is 12.5 Å². The van der Waals surface area contributed by atoms with Crippen molar-refractivity contribution in [3.8, 4) is 0 Å². The van der Waals surface area contributed by atoms with E-state index in [-0.39, 0.29) is 25.8 Å². The van der Waals surface area contributed by atoms with Gasteiger partial charge < -0.3 is 25.9 Å². The zero-order chi connectivity index (χ0) is 17.6. The second-order valence-corrected chi connectivity index (χ2v) is 6.84. The van der Waals surface area contributed by atoms with Crippen LogP contribution in [0.15, 0.2) is 12.2 Å². The van der Waals surface area contributed by atoms with Crippen LogP contribution in [0.4, 0.5) is 0 Å². The summed E-state index contributed by atoms with van der Waals surface area (Å²) in [5, 5.41) is 12.1. The average Bonchev–Trinajstić information content (AvgIpc) is 2.40. The van der Waals surface area contributed by atoms with E-state index in [1.807, 2.05) is 0 Å². The summed E-state index contributed by atoms with van der Waals surface area (Å²) in [4.78, 5) is 53.1. The first-order valence-corrected chi connectivity index (χ1v) is 8.68. The number of nitrogens with one attached hydrogen (secondary N) is 1. The topological polar surface area (TPSA) is 170 Å². The summed E-state index contributed by atoms with van der Waals surface area (Å²) in [6, 6.07) is -1.21. The third-order valence-electron chi connectivity index (χ3n) is 3.18. The summed E-state index contributed by atoms with van der Waals surface area (Å²) in [6.45, 7) is -0.291. The Balaban J connectivity index is 2.55. The number of carbonyl (C=O) groups is 3. The van der Waals surface area contributed by atoms with Crippen LogP contribution in [0.25, 0.3) is 0 Å². The van der Waals surface area contributed by atoms with Crippen molar-refractivity contribution in [1.82, 2.24) is 10.2 Å². The van der Waals surface area contributed by atoms with Crippen LogP contribution < -0.4 is 11.1 Å². The van der Waals surface area contributed by atoms with Crippen LogP contribution in [0.3, 0.4) is 0 Å². The van der Waals surface area contributed by atoms with E-state index in [0.29, 0.717) is 0 Å². The number of hydrogen-bond donors (Lipinski definition) is 5. The first-order chi connectivity index (χ1) is 10.6. The first kappa shape index (κ1) is 19.3. The minimum Gasteiger partial charge on any atom is -0.370 e. The second kappa shape index (κ2) is 8.21. The number of aliphatic hydroxyl groups is 1. The van der Waals surface area contributed by atoms with Crippen molar-refractivity contribution >= 4 is 25.3 Å². The Morgan fingerprint density at radius 2 is 2.13 bits per heavy atom. The van der Waals surface area contributed by atoms with Gasteiger partial charge in [-0.2, -0.15) is 0 Å². The van der Waals surface area contributed by atoms with Crippen LogP contribution >= 0.6 is 7.60 Å². The normalized spacial score (nSPS) is 19.5. The number of nitrogens with two attached hydrogens (primary N) is 1. The summed E-state index contributed by atoms with van der Waals surface area (Å²) in [5.74, 6) is -1.93. The molecule has 0 spiro atoms. The van der Waals surface area contributed by atoms with Crippen molar-refractivity contribution in [2.75, 3.05) is 12.7 Å². The highest BCUT2D eigenvalue weighted by Crippen LogP contribution is 2.35. The quantitative estimate of drug-likeness (QED) is 0.250. The summed E-state index contributed by atoms with van der Waals surface area (Å²) in [6.07, 6.45) is 0.908. The average molecular weight is 349 g/mol. The van der Waals surface area contributed by atoms with E-state index in [4.69, 9.17) is 15.5 Å². The van der Waals surface area contributed by atoms with Crippen molar-refractivity contribution in [3.05, 3.63) is 12.2 Å². The molecule has 23 heavy (non-hydrogen) atoms. The lowest BCUT2D eigenvalue weighted by atomic mass is 10.1. The lowest BCUT2D eigenvalue weighted by molar-refractivity contribution is -0.148. The second-order valence-electron chi connectivity index (χ2n) is 5.06. The van der Waals surface area contributed by atoms with Gasteiger partial charge in [0.1, 0.15) is 12.3 Å². The van der Waals surface area contributed by atoms with Crippen LogP contribution in [-0.4, -0.2) is 62.5 Å². The van der Waals surface area contributed by atoms with Crippen molar-refractivity contribution < 1.29 is 33.8 Å². The van der Waals surface area contributed by atoms with E-state index in [1.54, 1.807) is 0 Å². The number of carbonyl (C=O) groups excluding carboxylic acids is 3. The highest BCUT2D eigenvalue weighted by molar-refractivity contribution is 7.51. The van der Waals surface area contributed by atoms with Gasteiger partial charge in [-0.3, -0.25) is 23.8 Å². The van der Waals surface area contributed by atoms with Crippen molar-refractivity contribution in [2.45, 2.75) is 31.5 Å². The van der Waals surface area contributed by atoms with Gasteiger partial charge in [0.05, 0.1) is 6.16 Å². The number of hydrogen-bond acceptors (Lipinski definition) is 5. The van der Waals surface area contributed by atoms with Gasteiger partial charge in [-0.25, -0.2) is 0 Å². The molecule has 0 bridgehead atoms. The Kier molecular flexibility index (Phi) is 6.89. The van der Waals surface area contributed by atoms with Crippen molar-refractivity contribution in [2.24, 2.45) is 5.73 Å². The predicted octanol–water partition coefficient (Wildman–Crippen LogP) is -1.98. The molecule has 130 valence electrons. The van der Waals surface area contributed by atoms with Crippen LogP contribution in [0, 0.1) is 0 Å². The molecule has 6 N–H and O–H groups in total. The van der Waals surface area contributed by atoms with E-state index in [0.717, 1.165) is 4.90 Å². The minimum absolute atomic E-state index is 0.0110. The molecular formula is C12H20N3O7P. The molecule has 1 unspecified atom stereocenters. The molecule has 0 saturated heterocycles. The zero-order valence-electron chi connectivity index (χ0n) is 12.3. The zero-order valence-corrected chi connectivity index (χ0v) is 13.2. The third-order valence-corrected chi connectivity index (χ3v) is 4.08. The lowest BCUT2D eigenvalue weighted by Gasteiger charge is -2.34. The molecule has 11 heteroatoms. The van der Waals surface area contributed by atoms with Crippen molar-refractivity contribution in [1.29, 1.82) is 0 Å². The molecular weight excluding hydrogens is 329 g/mol. The predicted molar refractivity (Wildman–Crippen MR) is 78.7 cm³/mol. The summed E-state index contributed by atoms with van der Waals surface area (Å²) in [5.41, 5.74) is 5.21. The third kappa shape index (κ3) is 6.49. The lowest BCUT2D eigenvalue weighted by Crippen LogP contribution is -2.57. The van der Waals surface area contributed by atoms with E-state index >= 15 is 0 Å². The molecule has 3 amide bonds. The molecule has 1 heterocycles. The molecule has 0 aromatic heterocycles. The fourth-order valence-electron chi connectivity index (χ4n) is 2.07. The molecule has 0 saturated carbocycles. The van der Waals surface area contributed by atoms with E-state index in [9.17, 15) is 24.1 Å². The largest absolute Gasteiger partial charge is 0.370 e. The maximum absolute atomic E-state index is 11.8. The van der Waals surface area contributed by atoms with Crippen LogP contribution in [0.2, 0.25) is 0 Å². The van der Waals surface area contributed by atoms with Crippen molar-refractivity contribution in [3.63, 3.8) is 0 Å². The molecule has 0 radical (unpaired) electrons. The molecule has 0 fully saturated rings. The van der Waals surface area contributed by atoms with Crippen LogP contribution in [0.5, 0.6) is 0 Å². The van der Waals surface area contributed by atoms with Gasteiger partial charge in [-0.1, -0.05) is 6.08 Å². The molecule has 0 aliphatic carbocycles. The smallest absolute Gasteiger partial charge is 0.325 e. The van der Waals surface area contributed by atoms with Crippen LogP contribution in [0.1, 0.15) is 19.3 Å². The van der Waals surface area contributed by atoms with Crippen LogP contribution in [-0.2, 0) is 18.9 Å². The van der Waals surface area contributed by atoms with Gasteiger partial charge in [0.25, 0.3) is 0 Å². The molecule has 1 aliphatic heterocycles. The fourth-order valence-corrected chi connectivity index (χ4v) is 2.64. The molecule has 1 rings (SSSR count). The van der Waals surface area contributed by atoms with Gasteiger partial charge in [0, 0.05) is 19.4 Å². The maximum atomic E-state index is 11.8. The summed E-state index contributed by atoms with van der Waals surface area (Å²) >= 11 is 0. The number of nitrogens with zero attached hydrogens (tertiary/aromatic N) is 1. The Bertz CT molecular complexity index is 545. The summed E-state index contributed by atoms with van der Waals surface area (Å²) in [7, 11) is -4.16. The Morgan fingerprint density at radius 3 is 2.65 bits per heavy atom. The van der Waals surface area contributed by atoms with Gasteiger partial charge in [0.2, 0.25) is 17.7 Å². The Morgan fingerprint density at radius 1 is 1.48 bits per heavy atom. The van der Waals surface area contributed by atoms with Gasteiger partial charge >= 0.3 is 7.60 Å². The maximum Gasteiger partial charge on any atom is 0.325 e. The number of rotatable bonds is 8. The Hall–Kier alpha value is -1.74. The van der Waals surface area contributed by atoms with Gasteiger partial charge in [-0.15, -0.1) is 0 Å². The number of aliphatic hydroxyl groups excluding tert-OH is 1. The Labute approximate surface area is 132 Å². The number of amides is 3. The monoisotopic (exact) mass is 349 g/mol. The highest BCUT2D eigenvalue weighted by atomic mass is 31.2. The number of primary amides is 1.